The van der Waals surface area contributed by atoms with E-state index in [1.165, 1.54) is 61.7 Å². The van der Waals surface area contributed by atoms with Crippen molar-refractivity contribution < 1.29 is 4.79 Å². The molecule has 8 heteroatoms. The molecule has 1 aliphatic heterocycles. The first-order chi connectivity index (χ1) is 13.8. The number of hydrogen-bond donors (Lipinski definition) is 1. The Balaban J connectivity index is 1.28. The number of nitrogens with one attached hydrogen (secondary N) is 1. The van der Waals surface area contributed by atoms with Gasteiger partial charge in [0.15, 0.2) is 0 Å². The molecule has 1 saturated heterocycles. The smallest absolute Gasteiger partial charge is 0.230 e. The average molecular weight is 401 g/mol. The fourth-order valence-corrected chi connectivity index (χ4v) is 4.87. The zero-order valence-electron chi connectivity index (χ0n) is 16.2. The normalized spacial score (nSPS) is 18.0. The largest absolute Gasteiger partial charge is 0.351 e. The summed E-state index contributed by atoms with van der Waals surface area (Å²) in [6, 6.07) is 8.79. The SMILES string of the molecule is O=C(CSc1nnnn1C1CCCC1)NCc1ccccc1CN1CCCC1. The van der Waals surface area contributed by atoms with Gasteiger partial charge >= 0.3 is 0 Å². The van der Waals surface area contributed by atoms with Crippen molar-refractivity contribution in [3.8, 4) is 0 Å². The molecule has 2 heterocycles. The third-order valence-corrected chi connectivity index (χ3v) is 6.59. The van der Waals surface area contributed by atoms with Crippen LogP contribution in [-0.2, 0) is 17.9 Å². The maximum atomic E-state index is 12.4. The van der Waals surface area contributed by atoms with E-state index in [4.69, 9.17) is 0 Å². The first kappa shape index (κ1) is 19.4. The van der Waals surface area contributed by atoms with Gasteiger partial charge in [-0.1, -0.05) is 48.9 Å². The van der Waals surface area contributed by atoms with E-state index in [9.17, 15) is 4.79 Å². The summed E-state index contributed by atoms with van der Waals surface area (Å²) in [4.78, 5) is 14.9. The molecule has 2 aliphatic rings. The summed E-state index contributed by atoms with van der Waals surface area (Å²) in [6.45, 7) is 3.88. The monoisotopic (exact) mass is 400 g/mol. The summed E-state index contributed by atoms with van der Waals surface area (Å²) in [7, 11) is 0. The number of tetrazole rings is 1. The average Bonchev–Trinajstić information content (AvgIpc) is 3.47. The molecule has 0 bridgehead atoms. The summed E-state index contributed by atoms with van der Waals surface area (Å²) in [5.74, 6) is 0.350. The van der Waals surface area contributed by atoms with Gasteiger partial charge in [-0.3, -0.25) is 9.69 Å². The van der Waals surface area contributed by atoms with Crippen LogP contribution in [0.25, 0.3) is 0 Å². The zero-order valence-corrected chi connectivity index (χ0v) is 17.0. The lowest BCUT2D eigenvalue weighted by molar-refractivity contribution is -0.118. The summed E-state index contributed by atoms with van der Waals surface area (Å²) >= 11 is 1.42. The third kappa shape index (κ3) is 4.91. The molecule has 150 valence electrons. The molecule has 0 atom stereocenters. The molecule has 1 N–H and O–H groups in total. The number of rotatable bonds is 8. The highest BCUT2D eigenvalue weighted by atomic mass is 32.2. The Hall–Kier alpha value is -1.93. The number of likely N-dealkylation sites (tertiary alicyclic amines) is 1. The van der Waals surface area contributed by atoms with Gasteiger partial charge in [-0.2, -0.15) is 0 Å². The number of thioether (sulfide) groups is 1. The zero-order chi connectivity index (χ0) is 19.2. The number of aromatic nitrogens is 4. The quantitative estimate of drug-likeness (QED) is 0.687. The molecular formula is C20H28N6OS. The molecule has 0 spiro atoms. The number of carbonyl (C=O) groups is 1. The Labute approximate surface area is 170 Å². The molecule has 7 nitrogen and oxygen atoms in total. The van der Waals surface area contributed by atoms with Gasteiger partial charge in [0.2, 0.25) is 11.1 Å². The van der Waals surface area contributed by atoms with E-state index in [-0.39, 0.29) is 5.91 Å². The Morgan fingerprint density at radius 1 is 1.11 bits per heavy atom. The predicted molar refractivity (Wildman–Crippen MR) is 109 cm³/mol. The lowest BCUT2D eigenvalue weighted by Crippen LogP contribution is -2.26. The number of amides is 1. The van der Waals surface area contributed by atoms with Gasteiger partial charge in [-0.25, -0.2) is 4.68 Å². The van der Waals surface area contributed by atoms with Crippen LogP contribution in [0.2, 0.25) is 0 Å². The number of nitrogens with zero attached hydrogens (tertiary/aromatic N) is 5. The lowest BCUT2D eigenvalue weighted by Gasteiger charge is -2.17. The van der Waals surface area contributed by atoms with Gasteiger partial charge in [0.1, 0.15) is 0 Å². The van der Waals surface area contributed by atoms with E-state index < -0.39 is 0 Å². The first-order valence-corrected chi connectivity index (χ1v) is 11.2. The minimum atomic E-state index is 0.0157. The Morgan fingerprint density at radius 2 is 1.86 bits per heavy atom. The maximum absolute atomic E-state index is 12.4. The van der Waals surface area contributed by atoms with Crippen molar-refractivity contribution in [1.82, 2.24) is 30.4 Å². The molecule has 1 aromatic carbocycles. The van der Waals surface area contributed by atoms with Crippen LogP contribution in [0, 0.1) is 0 Å². The van der Waals surface area contributed by atoms with Gasteiger partial charge in [0.05, 0.1) is 11.8 Å². The highest BCUT2D eigenvalue weighted by Gasteiger charge is 2.22. The second-order valence-corrected chi connectivity index (χ2v) is 8.60. The van der Waals surface area contributed by atoms with E-state index in [1.807, 2.05) is 10.7 Å². The molecule has 1 amide bonds. The highest BCUT2D eigenvalue weighted by molar-refractivity contribution is 7.99. The van der Waals surface area contributed by atoms with Crippen LogP contribution in [-0.4, -0.2) is 49.9 Å². The number of carbonyl (C=O) groups excluding carboxylic acids is 1. The van der Waals surface area contributed by atoms with Crippen molar-refractivity contribution in [1.29, 1.82) is 0 Å². The number of hydrogen-bond acceptors (Lipinski definition) is 6. The standard InChI is InChI=1S/C20H28N6OS/c27-19(15-28-20-22-23-24-26(20)18-9-3-4-10-18)21-13-16-7-1-2-8-17(16)14-25-11-5-6-12-25/h1-2,7-8,18H,3-6,9-15H2,(H,21,27). The van der Waals surface area contributed by atoms with E-state index in [0.29, 0.717) is 18.3 Å². The van der Waals surface area contributed by atoms with Gasteiger partial charge in [-0.15, -0.1) is 5.10 Å². The maximum Gasteiger partial charge on any atom is 0.230 e. The fraction of sp³-hybridized carbons (Fsp3) is 0.600. The van der Waals surface area contributed by atoms with Crippen molar-refractivity contribution in [2.75, 3.05) is 18.8 Å². The van der Waals surface area contributed by atoms with Gasteiger partial charge < -0.3 is 5.32 Å². The predicted octanol–water partition coefficient (Wildman–Crippen LogP) is 2.79. The molecule has 1 aliphatic carbocycles. The van der Waals surface area contributed by atoms with Crippen molar-refractivity contribution >= 4 is 17.7 Å². The van der Waals surface area contributed by atoms with Crippen molar-refractivity contribution in [3.63, 3.8) is 0 Å². The van der Waals surface area contributed by atoms with Crippen LogP contribution in [0.1, 0.15) is 55.7 Å². The molecule has 2 aromatic rings. The molecule has 1 saturated carbocycles. The van der Waals surface area contributed by atoms with Gasteiger partial charge in [0.25, 0.3) is 0 Å². The van der Waals surface area contributed by atoms with Crippen molar-refractivity contribution in [3.05, 3.63) is 35.4 Å². The Kier molecular flexibility index (Phi) is 6.59. The molecule has 28 heavy (non-hydrogen) atoms. The third-order valence-electron chi connectivity index (χ3n) is 5.65. The van der Waals surface area contributed by atoms with Gasteiger partial charge in [-0.05, 0) is 60.3 Å². The molecule has 4 rings (SSSR count). The Morgan fingerprint density at radius 3 is 2.64 bits per heavy atom. The Bertz CT molecular complexity index is 783. The molecule has 1 aromatic heterocycles. The minimum absolute atomic E-state index is 0.0157. The van der Waals surface area contributed by atoms with Crippen molar-refractivity contribution in [2.45, 2.75) is 62.8 Å². The summed E-state index contributed by atoms with van der Waals surface area (Å²) in [5, 5.41) is 15.8. The topological polar surface area (TPSA) is 75.9 Å². The van der Waals surface area contributed by atoms with Crippen LogP contribution in [0.5, 0.6) is 0 Å². The molecule has 2 fully saturated rings. The molecule has 0 unspecified atom stereocenters. The van der Waals surface area contributed by atoms with Crippen molar-refractivity contribution in [2.24, 2.45) is 0 Å². The van der Waals surface area contributed by atoms with E-state index in [2.05, 4.69) is 43.9 Å². The van der Waals surface area contributed by atoms with Crippen LogP contribution in [0.3, 0.4) is 0 Å². The highest BCUT2D eigenvalue weighted by Crippen LogP contribution is 2.31. The second kappa shape index (κ2) is 9.52. The van der Waals surface area contributed by atoms with Crippen LogP contribution >= 0.6 is 11.8 Å². The minimum Gasteiger partial charge on any atom is -0.351 e. The molecular weight excluding hydrogens is 372 g/mol. The first-order valence-electron chi connectivity index (χ1n) is 10.3. The van der Waals surface area contributed by atoms with E-state index >= 15 is 0 Å². The van der Waals surface area contributed by atoms with E-state index in [1.54, 1.807) is 0 Å². The van der Waals surface area contributed by atoms with Crippen LogP contribution in [0.15, 0.2) is 29.4 Å². The van der Waals surface area contributed by atoms with Crippen LogP contribution in [0.4, 0.5) is 0 Å². The van der Waals surface area contributed by atoms with Crippen LogP contribution < -0.4 is 5.32 Å². The molecule has 0 radical (unpaired) electrons. The summed E-state index contributed by atoms with van der Waals surface area (Å²) in [6.07, 6.45) is 7.28. The van der Waals surface area contributed by atoms with Gasteiger partial charge in [0, 0.05) is 13.1 Å². The fourth-order valence-electron chi connectivity index (χ4n) is 4.10. The second-order valence-electron chi connectivity index (χ2n) is 7.66. The summed E-state index contributed by atoms with van der Waals surface area (Å²) in [5.41, 5.74) is 2.51. The number of benzene rings is 1. The lowest BCUT2D eigenvalue weighted by atomic mass is 10.1. The van der Waals surface area contributed by atoms with E-state index in [0.717, 1.165) is 24.5 Å². The summed E-state index contributed by atoms with van der Waals surface area (Å²) < 4.78 is 1.90.